The summed E-state index contributed by atoms with van der Waals surface area (Å²) < 4.78 is 13.1. The van der Waals surface area contributed by atoms with Crippen molar-refractivity contribution in [3.05, 3.63) is 77.4 Å². The maximum absolute atomic E-state index is 12.6. The zero-order valence-electron chi connectivity index (χ0n) is 15.9. The monoisotopic (exact) mass is 377 g/mol. The number of rotatable bonds is 6. The van der Waals surface area contributed by atoms with E-state index in [0.717, 1.165) is 41.6 Å². The lowest BCUT2D eigenvalue weighted by atomic mass is 9.87. The molecule has 6 heteroatoms. The van der Waals surface area contributed by atoms with Gasteiger partial charge in [0, 0.05) is 30.6 Å². The Balaban J connectivity index is 1.35. The molecule has 4 rings (SSSR count). The number of esters is 1. The normalized spacial score (nSPS) is 15.7. The average Bonchev–Trinajstić information content (AvgIpc) is 3.12. The second-order valence-electron chi connectivity index (χ2n) is 7.06. The molecule has 0 radical (unpaired) electrons. The number of hydrogen-bond donors (Lipinski definition) is 0. The summed E-state index contributed by atoms with van der Waals surface area (Å²) >= 11 is 0. The molecule has 0 bridgehead atoms. The molecule has 28 heavy (non-hydrogen) atoms. The molecule has 0 saturated heterocycles. The quantitative estimate of drug-likeness (QED) is 0.615. The third kappa shape index (κ3) is 4.22. The van der Waals surface area contributed by atoms with Crippen LogP contribution in [-0.4, -0.2) is 20.7 Å². The van der Waals surface area contributed by atoms with Crippen molar-refractivity contribution in [3.8, 4) is 5.75 Å². The zero-order chi connectivity index (χ0) is 19.3. The fourth-order valence-corrected chi connectivity index (χ4v) is 3.53. The summed E-state index contributed by atoms with van der Waals surface area (Å²) in [5, 5.41) is 4.44. The molecule has 1 aromatic carbocycles. The van der Waals surface area contributed by atoms with Crippen molar-refractivity contribution >= 4 is 5.97 Å². The number of hydrogen-bond acceptors (Lipinski definition) is 5. The molecule has 0 fully saturated rings. The van der Waals surface area contributed by atoms with E-state index in [1.54, 1.807) is 17.1 Å². The molecule has 1 atom stereocenters. The van der Waals surface area contributed by atoms with Crippen LogP contribution in [0.15, 0.2) is 55.0 Å². The highest BCUT2D eigenvalue weighted by Gasteiger charge is 2.30. The summed E-state index contributed by atoms with van der Waals surface area (Å²) in [4.78, 5) is 16.8. The Labute approximate surface area is 164 Å². The number of carbonyl (C=O) groups excluding carboxylic acids is 1. The van der Waals surface area contributed by atoms with Gasteiger partial charge in [-0.05, 0) is 30.9 Å². The minimum absolute atomic E-state index is 0.181. The summed E-state index contributed by atoms with van der Waals surface area (Å²) in [6.45, 7) is 0.651. The van der Waals surface area contributed by atoms with E-state index in [4.69, 9.17) is 9.47 Å². The lowest BCUT2D eigenvalue weighted by molar-refractivity contribution is -0.147. The first-order chi connectivity index (χ1) is 13.7. The molecular weight excluding hydrogens is 354 g/mol. The molecule has 2 heterocycles. The molecule has 1 aliphatic carbocycles. The first kappa shape index (κ1) is 18.2. The highest BCUT2D eigenvalue weighted by Crippen LogP contribution is 2.32. The Morgan fingerprint density at radius 1 is 1.18 bits per heavy atom. The van der Waals surface area contributed by atoms with Crippen LogP contribution in [-0.2, 0) is 36.2 Å². The third-order valence-electron chi connectivity index (χ3n) is 4.90. The van der Waals surface area contributed by atoms with E-state index in [2.05, 4.69) is 10.1 Å². The van der Waals surface area contributed by atoms with E-state index >= 15 is 0 Å². The minimum Gasteiger partial charge on any atom is -0.487 e. The topological polar surface area (TPSA) is 66.2 Å². The van der Waals surface area contributed by atoms with E-state index in [1.807, 2.05) is 49.6 Å². The summed E-state index contributed by atoms with van der Waals surface area (Å²) in [5.41, 5.74) is 3.90. The molecular formula is C22H23N3O3. The van der Waals surface area contributed by atoms with Crippen molar-refractivity contribution in [2.24, 2.45) is 7.05 Å². The largest absolute Gasteiger partial charge is 0.487 e. The summed E-state index contributed by atoms with van der Waals surface area (Å²) in [6.07, 6.45) is 7.96. The number of pyridine rings is 1. The van der Waals surface area contributed by atoms with E-state index in [9.17, 15) is 4.79 Å². The molecule has 1 aliphatic rings. The van der Waals surface area contributed by atoms with Gasteiger partial charge in [-0.3, -0.25) is 14.5 Å². The Bertz CT molecular complexity index is 953. The van der Waals surface area contributed by atoms with E-state index in [0.29, 0.717) is 12.4 Å². The second kappa shape index (κ2) is 8.25. The van der Waals surface area contributed by atoms with E-state index in [1.165, 1.54) is 0 Å². The summed E-state index contributed by atoms with van der Waals surface area (Å²) in [6, 6.07) is 11.8. The zero-order valence-corrected chi connectivity index (χ0v) is 15.9. The Morgan fingerprint density at radius 2 is 2.04 bits per heavy atom. The maximum atomic E-state index is 12.6. The molecule has 144 valence electrons. The van der Waals surface area contributed by atoms with Crippen LogP contribution in [0.2, 0.25) is 0 Å². The van der Waals surface area contributed by atoms with Crippen LogP contribution in [0.1, 0.15) is 41.1 Å². The van der Waals surface area contributed by atoms with Crippen molar-refractivity contribution in [3.63, 3.8) is 0 Å². The molecule has 3 aromatic rings. The number of ether oxygens (including phenoxy) is 2. The van der Waals surface area contributed by atoms with Crippen LogP contribution in [0.25, 0.3) is 0 Å². The lowest BCUT2D eigenvalue weighted by Gasteiger charge is -2.20. The van der Waals surface area contributed by atoms with Gasteiger partial charge in [-0.15, -0.1) is 0 Å². The minimum atomic E-state index is -0.233. The van der Waals surface area contributed by atoms with Gasteiger partial charge in [-0.1, -0.05) is 30.3 Å². The van der Waals surface area contributed by atoms with Crippen molar-refractivity contribution in [2.75, 3.05) is 0 Å². The Hall–Kier alpha value is -3.15. The van der Waals surface area contributed by atoms with Gasteiger partial charge in [0.25, 0.3) is 0 Å². The van der Waals surface area contributed by atoms with Crippen molar-refractivity contribution in [1.29, 1.82) is 0 Å². The highest BCUT2D eigenvalue weighted by molar-refractivity contribution is 5.78. The van der Waals surface area contributed by atoms with Gasteiger partial charge >= 0.3 is 5.97 Å². The van der Waals surface area contributed by atoms with Crippen LogP contribution >= 0.6 is 0 Å². The van der Waals surface area contributed by atoms with Crippen LogP contribution in [0, 0.1) is 0 Å². The Kier molecular flexibility index (Phi) is 5.37. The van der Waals surface area contributed by atoms with Gasteiger partial charge in [0.1, 0.15) is 19.0 Å². The molecule has 1 unspecified atom stereocenters. The summed E-state index contributed by atoms with van der Waals surface area (Å²) in [7, 11) is 1.88. The predicted molar refractivity (Wildman–Crippen MR) is 104 cm³/mol. The van der Waals surface area contributed by atoms with Crippen LogP contribution < -0.4 is 4.74 Å². The number of aromatic nitrogens is 3. The van der Waals surface area contributed by atoms with Crippen molar-refractivity contribution < 1.29 is 14.3 Å². The molecule has 0 N–H and O–H groups in total. The predicted octanol–water partition coefficient (Wildman–Crippen LogP) is 3.56. The molecule has 6 nitrogen and oxygen atoms in total. The van der Waals surface area contributed by atoms with Gasteiger partial charge in [-0.25, -0.2) is 0 Å². The number of aryl methyl sites for hydroxylation is 2. The molecule has 0 spiro atoms. The van der Waals surface area contributed by atoms with E-state index in [-0.39, 0.29) is 18.5 Å². The van der Waals surface area contributed by atoms with Crippen molar-refractivity contribution in [1.82, 2.24) is 14.8 Å². The van der Waals surface area contributed by atoms with Crippen LogP contribution in [0.5, 0.6) is 5.75 Å². The highest BCUT2D eigenvalue weighted by atomic mass is 16.5. The average molecular weight is 377 g/mol. The summed E-state index contributed by atoms with van der Waals surface area (Å²) in [5.74, 6) is 0.220. The van der Waals surface area contributed by atoms with Gasteiger partial charge < -0.3 is 9.47 Å². The fourth-order valence-electron chi connectivity index (χ4n) is 3.53. The van der Waals surface area contributed by atoms with E-state index < -0.39 is 0 Å². The third-order valence-corrected chi connectivity index (χ3v) is 4.90. The van der Waals surface area contributed by atoms with Gasteiger partial charge in [-0.2, -0.15) is 5.10 Å². The first-order valence-electron chi connectivity index (χ1n) is 9.49. The standard InChI is InChI=1S/C22H23N3O3/c1-25-13-20-19(8-5-9-21(20)24-25)22(26)28-15-17-10-18(12-23-11-17)27-14-16-6-3-2-4-7-16/h2-4,6-7,10-13,19H,5,8-9,14-15H2,1H3. The molecule has 0 saturated carbocycles. The van der Waals surface area contributed by atoms with Gasteiger partial charge in [0.15, 0.2) is 0 Å². The van der Waals surface area contributed by atoms with Crippen molar-refractivity contribution in [2.45, 2.75) is 38.4 Å². The molecule has 2 aromatic heterocycles. The number of nitrogens with zero attached hydrogens (tertiary/aromatic N) is 3. The van der Waals surface area contributed by atoms with Crippen LogP contribution in [0.4, 0.5) is 0 Å². The van der Waals surface area contributed by atoms with Gasteiger partial charge in [0.05, 0.1) is 17.8 Å². The smallest absolute Gasteiger partial charge is 0.313 e. The maximum Gasteiger partial charge on any atom is 0.313 e. The van der Waals surface area contributed by atoms with Gasteiger partial charge in [0.2, 0.25) is 0 Å². The number of carbonyl (C=O) groups is 1. The molecule has 0 aliphatic heterocycles. The second-order valence-corrected chi connectivity index (χ2v) is 7.06. The Morgan fingerprint density at radius 3 is 2.89 bits per heavy atom. The number of fused-ring (bicyclic) bond motifs is 1. The van der Waals surface area contributed by atoms with Crippen LogP contribution in [0.3, 0.4) is 0 Å². The number of benzene rings is 1. The SMILES string of the molecule is Cn1cc2c(n1)CCCC2C(=O)OCc1cncc(OCc2ccccc2)c1. The molecule has 0 amide bonds. The lowest BCUT2D eigenvalue weighted by Crippen LogP contribution is -2.20. The first-order valence-corrected chi connectivity index (χ1v) is 9.49. The fraction of sp³-hybridized carbons (Fsp3) is 0.318.